The zero-order valence-corrected chi connectivity index (χ0v) is 16.6. The number of aromatic nitrogens is 1. The fourth-order valence-electron chi connectivity index (χ4n) is 2.80. The third-order valence-corrected chi connectivity index (χ3v) is 4.68. The molecule has 144 valence electrons. The molecule has 0 radical (unpaired) electrons. The van der Waals surface area contributed by atoms with E-state index in [0.29, 0.717) is 10.6 Å². The number of halogens is 2. The van der Waals surface area contributed by atoms with Crippen LogP contribution in [-0.2, 0) is 14.8 Å². The lowest BCUT2D eigenvalue weighted by molar-refractivity contribution is -0.131. The highest BCUT2D eigenvalue weighted by molar-refractivity contribution is 7.92. The molecule has 1 aliphatic rings. The normalized spacial score (nSPS) is 15.9. The van der Waals surface area contributed by atoms with Crippen LogP contribution in [0.1, 0.15) is 19.4 Å². The van der Waals surface area contributed by atoms with E-state index in [1.165, 1.54) is 26.1 Å². The Morgan fingerprint density at radius 2 is 1.96 bits per heavy atom. The van der Waals surface area contributed by atoms with Crippen molar-refractivity contribution in [3.05, 3.63) is 40.8 Å². The third kappa shape index (κ3) is 3.70. The van der Waals surface area contributed by atoms with Crippen molar-refractivity contribution >= 4 is 44.7 Å². The number of amides is 1. The third-order valence-electron chi connectivity index (χ3n) is 3.87. The van der Waals surface area contributed by atoms with E-state index < -0.39 is 27.3 Å². The first-order valence-electron chi connectivity index (χ1n) is 7.86. The summed E-state index contributed by atoms with van der Waals surface area (Å²) in [6.07, 6.45) is 2.31. The molecule has 1 aliphatic heterocycles. The summed E-state index contributed by atoms with van der Waals surface area (Å²) in [6.45, 7) is 4.76. The molecule has 0 aliphatic carbocycles. The number of nitrogens with one attached hydrogen (secondary N) is 1. The Balaban J connectivity index is 2.23. The quantitative estimate of drug-likeness (QED) is 0.833. The maximum Gasteiger partial charge on any atom is 0.276 e. The molecule has 10 heteroatoms. The van der Waals surface area contributed by atoms with Crippen LogP contribution in [0.25, 0.3) is 0 Å². The van der Waals surface area contributed by atoms with E-state index >= 15 is 0 Å². The van der Waals surface area contributed by atoms with Crippen molar-refractivity contribution in [3.8, 4) is 5.75 Å². The first-order valence-corrected chi connectivity index (χ1v) is 10.1. The fraction of sp³-hybridized carbons (Fsp3) is 0.294. The SMILES string of the molecule is Cc1cc(Cl)cnc1N1C(=O)C(C)(C)Oc2cc(NS(C)(=O)=O)cc(F)c21. The van der Waals surface area contributed by atoms with Gasteiger partial charge in [0.05, 0.1) is 17.0 Å². The number of pyridine rings is 1. The van der Waals surface area contributed by atoms with Crippen molar-refractivity contribution in [1.82, 2.24) is 4.98 Å². The smallest absolute Gasteiger partial charge is 0.276 e. The van der Waals surface area contributed by atoms with Gasteiger partial charge < -0.3 is 4.74 Å². The number of ether oxygens (including phenoxy) is 1. The summed E-state index contributed by atoms with van der Waals surface area (Å²) in [5.74, 6) is -1.12. The number of hydrogen-bond acceptors (Lipinski definition) is 5. The maximum absolute atomic E-state index is 14.9. The van der Waals surface area contributed by atoms with Crippen LogP contribution in [0.5, 0.6) is 5.75 Å². The Morgan fingerprint density at radius 3 is 2.56 bits per heavy atom. The number of nitrogens with zero attached hydrogens (tertiary/aromatic N) is 2. The Labute approximate surface area is 161 Å². The molecule has 1 aromatic heterocycles. The van der Waals surface area contributed by atoms with Gasteiger partial charge in [-0.15, -0.1) is 0 Å². The number of carbonyl (C=O) groups is 1. The van der Waals surface area contributed by atoms with Crippen LogP contribution in [-0.4, -0.2) is 31.2 Å². The number of benzene rings is 1. The van der Waals surface area contributed by atoms with Crippen LogP contribution >= 0.6 is 11.6 Å². The minimum Gasteiger partial charge on any atom is -0.476 e. The van der Waals surface area contributed by atoms with E-state index in [2.05, 4.69) is 9.71 Å². The molecule has 2 heterocycles. The minimum absolute atomic E-state index is 0.0142. The van der Waals surface area contributed by atoms with Crippen LogP contribution in [0.4, 0.5) is 21.6 Å². The number of rotatable bonds is 3. The van der Waals surface area contributed by atoms with Gasteiger partial charge in [-0.3, -0.25) is 14.4 Å². The summed E-state index contributed by atoms with van der Waals surface area (Å²) in [5, 5.41) is 0.379. The van der Waals surface area contributed by atoms with E-state index in [1.54, 1.807) is 13.0 Å². The molecule has 2 aromatic rings. The highest BCUT2D eigenvalue weighted by Gasteiger charge is 2.44. The standard InChI is InChI=1S/C17H17ClFN3O4S/c1-9-5-10(18)8-20-15(9)22-14-12(19)6-11(21-27(4,24)25)7-13(14)26-17(2,3)16(22)23/h5-8,21H,1-4H3. The van der Waals surface area contributed by atoms with E-state index in [1.807, 2.05) is 0 Å². The molecular weight excluding hydrogens is 397 g/mol. The summed E-state index contributed by atoms with van der Waals surface area (Å²) in [7, 11) is -3.62. The Bertz CT molecular complexity index is 1060. The summed E-state index contributed by atoms with van der Waals surface area (Å²) in [6, 6.07) is 3.91. The second kappa shape index (κ2) is 6.35. The number of hydrogen-bond donors (Lipinski definition) is 1. The highest BCUT2D eigenvalue weighted by Crippen LogP contribution is 2.45. The summed E-state index contributed by atoms with van der Waals surface area (Å²) in [4.78, 5) is 18.3. The first kappa shape index (κ1) is 19.4. The van der Waals surface area contributed by atoms with Gasteiger partial charge in [-0.1, -0.05) is 11.6 Å². The molecule has 0 spiro atoms. The molecule has 0 bridgehead atoms. The molecule has 1 amide bonds. The average molecular weight is 414 g/mol. The van der Waals surface area contributed by atoms with Crippen molar-refractivity contribution in [1.29, 1.82) is 0 Å². The summed E-state index contributed by atoms with van der Waals surface area (Å²) in [5.41, 5.74) is -0.912. The molecule has 0 saturated carbocycles. The zero-order chi connectivity index (χ0) is 20.1. The van der Waals surface area contributed by atoms with Crippen molar-refractivity contribution < 1.29 is 22.3 Å². The number of sulfonamides is 1. The number of anilines is 3. The van der Waals surface area contributed by atoms with Gasteiger partial charge in [0, 0.05) is 18.3 Å². The monoisotopic (exact) mass is 413 g/mol. The Hall–Kier alpha value is -2.39. The van der Waals surface area contributed by atoms with E-state index in [4.69, 9.17) is 16.3 Å². The molecular formula is C17H17ClFN3O4S. The maximum atomic E-state index is 14.9. The lowest BCUT2D eigenvalue weighted by Crippen LogP contribution is -2.51. The number of carbonyl (C=O) groups excluding carboxylic acids is 1. The fourth-order valence-corrected chi connectivity index (χ4v) is 3.56. The van der Waals surface area contributed by atoms with Crippen molar-refractivity contribution in [2.24, 2.45) is 0 Å². The van der Waals surface area contributed by atoms with Crippen molar-refractivity contribution in [2.75, 3.05) is 15.9 Å². The summed E-state index contributed by atoms with van der Waals surface area (Å²) >= 11 is 5.93. The molecule has 7 nitrogen and oxygen atoms in total. The van der Waals surface area contributed by atoms with Gasteiger partial charge in [-0.2, -0.15) is 0 Å². The molecule has 27 heavy (non-hydrogen) atoms. The van der Waals surface area contributed by atoms with E-state index in [-0.39, 0.29) is 22.9 Å². The first-order chi connectivity index (χ1) is 12.4. The van der Waals surface area contributed by atoms with Gasteiger partial charge in [-0.05, 0) is 32.4 Å². The zero-order valence-electron chi connectivity index (χ0n) is 15.0. The van der Waals surface area contributed by atoms with Crippen LogP contribution in [0.2, 0.25) is 5.02 Å². The molecule has 1 aromatic carbocycles. The lowest BCUT2D eigenvalue weighted by Gasteiger charge is -2.38. The predicted molar refractivity (Wildman–Crippen MR) is 101 cm³/mol. The molecule has 0 atom stereocenters. The molecule has 0 unspecified atom stereocenters. The van der Waals surface area contributed by atoms with Gasteiger partial charge in [0.15, 0.2) is 11.4 Å². The van der Waals surface area contributed by atoms with Gasteiger partial charge in [0.2, 0.25) is 10.0 Å². The van der Waals surface area contributed by atoms with Gasteiger partial charge in [-0.25, -0.2) is 17.8 Å². The van der Waals surface area contributed by atoms with E-state index in [9.17, 15) is 17.6 Å². The largest absolute Gasteiger partial charge is 0.476 e. The van der Waals surface area contributed by atoms with Gasteiger partial charge in [0.25, 0.3) is 5.91 Å². The van der Waals surface area contributed by atoms with Crippen LogP contribution in [0.15, 0.2) is 24.4 Å². The Morgan fingerprint density at radius 1 is 1.30 bits per heavy atom. The van der Waals surface area contributed by atoms with Gasteiger partial charge in [0.1, 0.15) is 17.3 Å². The van der Waals surface area contributed by atoms with Gasteiger partial charge >= 0.3 is 0 Å². The molecule has 3 rings (SSSR count). The topological polar surface area (TPSA) is 88.6 Å². The molecule has 1 N–H and O–H groups in total. The van der Waals surface area contributed by atoms with Crippen molar-refractivity contribution in [2.45, 2.75) is 26.4 Å². The Kier molecular flexibility index (Phi) is 4.55. The number of fused-ring (bicyclic) bond motifs is 1. The van der Waals surface area contributed by atoms with Crippen LogP contribution < -0.4 is 14.4 Å². The van der Waals surface area contributed by atoms with E-state index in [0.717, 1.165) is 17.2 Å². The predicted octanol–water partition coefficient (Wildman–Crippen LogP) is 3.39. The second-order valence-corrected chi connectivity index (χ2v) is 8.91. The van der Waals surface area contributed by atoms with Crippen LogP contribution in [0, 0.1) is 12.7 Å². The number of aryl methyl sites for hydroxylation is 1. The second-order valence-electron chi connectivity index (χ2n) is 6.73. The minimum atomic E-state index is -3.62. The molecule has 0 saturated heterocycles. The van der Waals surface area contributed by atoms with Crippen molar-refractivity contribution in [3.63, 3.8) is 0 Å². The average Bonchev–Trinajstić information content (AvgIpc) is 2.48. The lowest BCUT2D eigenvalue weighted by atomic mass is 10.0. The summed E-state index contributed by atoms with van der Waals surface area (Å²) < 4.78 is 45.7. The van der Waals surface area contributed by atoms with Crippen LogP contribution in [0.3, 0.4) is 0 Å². The molecule has 0 fully saturated rings. The highest BCUT2D eigenvalue weighted by atomic mass is 35.5.